The van der Waals surface area contributed by atoms with Crippen molar-refractivity contribution in [2.75, 3.05) is 11.9 Å². The topological polar surface area (TPSA) is 69.6 Å². The summed E-state index contributed by atoms with van der Waals surface area (Å²) in [5.74, 6) is -1.71. The SMILES string of the molecule is CCN(C(=O)Nc1ccc(F)c(Cl)c1)C(C)(C)C(=O)O. The van der Waals surface area contributed by atoms with Crippen molar-refractivity contribution in [3.8, 4) is 0 Å². The number of carbonyl (C=O) groups is 2. The molecule has 0 radical (unpaired) electrons. The highest BCUT2D eigenvalue weighted by Gasteiger charge is 2.36. The fourth-order valence-corrected chi connectivity index (χ4v) is 1.85. The van der Waals surface area contributed by atoms with Crippen LogP contribution in [0.1, 0.15) is 20.8 Å². The van der Waals surface area contributed by atoms with Crippen LogP contribution >= 0.6 is 11.6 Å². The molecule has 1 aromatic carbocycles. The van der Waals surface area contributed by atoms with Gasteiger partial charge in [-0.25, -0.2) is 14.0 Å². The lowest BCUT2D eigenvalue weighted by atomic mass is 10.0. The van der Waals surface area contributed by atoms with Crippen molar-refractivity contribution < 1.29 is 19.1 Å². The van der Waals surface area contributed by atoms with Crippen LogP contribution in [0.4, 0.5) is 14.9 Å². The van der Waals surface area contributed by atoms with Crippen molar-refractivity contribution in [2.45, 2.75) is 26.3 Å². The Kier molecular flexibility index (Phi) is 4.94. The number of anilines is 1. The number of carboxylic acid groups (broad SMARTS) is 1. The van der Waals surface area contributed by atoms with E-state index in [1.165, 1.54) is 26.0 Å². The molecular weight excluding hydrogens is 287 g/mol. The summed E-state index contributed by atoms with van der Waals surface area (Å²) in [5.41, 5.74) is -1.07. The van der Waals surface area contributed by atoms with Gasteiger partial charge in [0.2, 0.25) is 0 Å². The number of rotatable bonds is 4. The van der Waals surface area contributed by atoms with Gasteiger partial charge in [0.1, 0.15) is 11.4 Å². The minimum Gasteiger partial charge on any atom is -0.480 e. The molecule has 1 aromatic rings. The zero-order chi connectivity index (χ0) is 15.5. The molecule has 0 aliphatic rings. The van der Waals surface area contributed by atoms with Crippen LogP contribution in [0, 0.1) is 5.82 Å². The Morgan fingerprint density at radius 3 is 2.50 bits per heavy atom. The minimum atomic E-state index is -1.36. The number of urea groups is 1. The highest BCUT2D eigenvalue weighted by molar-refractivity contribution is 6.31. The van der Waals surface area contributed by atoms with Gasteiger partial charge in [0.25, 0.3) is 0 Å². The molecule has 0 heterocycles. The van der Waals surface area contributed by atoms with E-state index in [1.807, 2.05) is 0 Å². The Labute approximate surface area is 121 Å². The predicted molar refractivity (Wildman–Crippen MR) is 74.5 cm³/mol. The van der Waals surface area contributed by atoms with Gasteiger partial charge in [0, 0.05) is 12.2 Å². The van der Waals surface area contributed by atoms with Crippen molar-refractivity contribution >= 4 is 29.3 Å². The van der Waals surface area contributed by atoms with Crippen molar-refractivity contribution in [1.82, 2.24) is 4.90 Å². The molecule has 0 aliphatic carbocycles. The molecular formula is C13H16ClFN2O3. The summed E-state index contributed by atoms with van der Waals surface area (Å²) < 4.78 is 13.0. The molecule has 0 fully saturated rings. The number of aliphatic carboxylic acids is 1. The maximum Gasteiger partial charge on any atom is 0.329 e. The molecule has 110 valence electrons. The maximum absolute atomic E-state index is 13.0. The summed E-state index contributed by atoms with van der Waals surface area (Å²) in [7, 11) is 0. The molecule has 0 spiro atoms. The number of amides is 2. The van der Waals surface area contributed by atoms with Crippen LogP contribution in [-0.4, -0.2) is 34.1 Å². The van der Waals surface area contributed by atoms with E-state index in [1.54, 1.807) is 6.92 Å². The molecule has 0 saturated carbocycles. The smallest absolute Gasteiger partial charge is 0.329 e. The number of hydrogen-bond acceptors (Lipinski definition) is 2. The van der Waals surface area contributed by atoms with Crippen LogP contribution < -0.4 is 5.32 Å². The quantitative estimate of drug-likeness (QED) is 0.897. The second-order valence-corrected chi connectivity index (χ2v) is 5.07. The average Bonchev–Trinajstić information content (AvgIpc) is 2.34. The highest BCUT2D eigenvalue weighted by atomic mass is 35.5. The number of nitrogens with one attached hydrogen (secondary N) is 1. The number of carboxylic acids is 1. The Morgan fingerprint density at radius 1 is 1.45 bits per heavy atom. The molecule has 0 aromatic heterocycles. The normalized spacial score (nSPS) is 11.1. The van der Waals surface area contributed by atoms with Crippen LogP contribution in [0.3, 0.4) is 0 Å². The summed E-state index contributed by atoms with van der Waals surface area (Å²) in [4.78, 5) is 24.4. The molecule has 2 amide bonds. The third-order valence-electron chi connectivity index (χ3n) is 2.93. The van der Waals surface area contributed by atoms with Gasteiger partial charge in [-0.15, -0.1) is 0 Å². The molecule has 0 unspecified atom stereocenters. The van der Waals surface area contributed by atoms with Gasteiger partial charge in [0.05, 0.1) is 5.02 Å². The van der Waals surface area contributed by atoms with Crippen LogP contribution in [0.25, 0.3) is 0 Å². The number of likely N-dealkylation sites (N-methyl/N-ethyl adjacent to an activating group) is 1. The van der Waals surface area contributed by atoms with Crippen molar-refractivity contribution in [2.24, 2.45) is 0 Å². The molecule has 20 heavy (non-hydrogen) atoms. The van der Waals surface area contributed by atoms with Gasteiger partial charge in [-0.2, -0.15) is 0 Å². The lowest BCUT2D eigenvalue weighted by Gasteiger charge is -2.34. The first-order valence-corrected chi connectivity index (χ1v) is 6.35. The monoisotopic (exact) mass is 302 g/mol. The third-order valence-corrected chi connectivity index (χ3v) is 3.22. The first-order chi connectivity index (χ1) is 9.20. The number of hydrogen-bond donors (Lipinski definition) is 2. The zero-order valence-corrected chi connectivity index (χ0v) is 12.2. The molecule has 2 N–H and O–H groups in total. The Balaban J connectivity index is 2.93. The van der Waals surface area contributed by atoms with E-state index in [0.29, 0.717) is 5.69 Å². The Hall–Kier alpha value is -1.82. The van der Waals surface area contributed by atoms with Gasteiger partial charge in [0.15, 0.2) is 0 Å². The van der Waals surface area contributed by atoms with Gasteiger partial charge < -0.3 is 15.3 Å². The van der Waals surface area contributed by atoms with Gasteiger partial charge in [-0.3, -0.25) is 0 Å². The number of carbonyl (C=O) groups excluding carboxylic acids is 1. The van der Waals surface area contributed by atoms with Gasteiger partial charge in [-0.1, -0.05) is 11.6 Å². The van der Waals surface area contributed by atoms with Crippen LogP contribution in [0.15, 0.2) is 18.2 Å². The zero-order valence-electron chi connectivity index (χ0n) is 11.4. The van der Waals surface area contributed by atoms with Crippen LogP contribution in [0.5, 0.6) is 0 Å². The lowest BCUT2D eigenvalue weighted by Crippen LogP contribution is -2.54. The largest absolute Gasteiger partial charge is 0.480 e. The molecule has 0 saturated heterocycles. The van der Waals surface area contributed by atoms with E-state index >= 15 is 0 Å². The highest BCUT2D eigenvalue weighted by Crippen LogP contribution is 2.21. The molecule has 1 rings (SSSR count). The standard InChI is InChI=1S/C13H16ClFN2O3/c1-4-17(13(2,3)11(18)19)12(20)16-8-5-6-10(15)9(14)7-8/h5-7H,4H2,1-3H3,(H,16,20)(H,18,19). The first-order valence-electron chi connectivity index (χ1n) is 5.97. The Bertz CT molecular complexity index is 534. The molecule has 0 atom stereocenters. The van der Waals surface area contributed by atoms with E-state index in [9.17, 15) is 14.0 Å². The lowest BCUT2D eigenvalue weighted by molar-refractivity contribution is -0.147. The summed E-state index contributed by atoms with van der Waals surface area (Å²) >= 11 is 5.62. The van der Waals surface area contributed by atoms with Crippen molar-refractivity contribution in [1.29, 1.82) is 0 Å². The summed E-state index contributed by atoms with van der Waals surface area (Å²) in [6.45, 7) is 4.73. The van der Waals surface area contributed by atoms with E-state index in [4.69, 9.17) is 16.7 Å². The average molecular weight is 303 g/mol. The predicted octanol–water partition coefficient (Wildman–Crippen LogP) is 3.20. The van der Waals surface area contributed by atoms with E-state index in [0.717, 1.165) is 11.0 Å². The Morgan fingerprint density at radius 2 is 2.05 bits per heavy atom. The molecule has 0 aliphatic heterocycles. The fraction of sp³-hybridized carbons (Fsp3) is 0.385. The van der Waals surface area contributed by atoms with E-state index in [2.05, 4.69) is 5.32 Å². The summed E-state index contributed by atoms with van der Waals surface area (Å²) in [6.07, 6.45) is 0. The molecule has 7 heteroatoms. The van der Waals surface area contributed by atoms with Gasteiger partial charge in [-0.05, 0) is 39.0 Å². The number of nitrogens with zero attached hydrogens (tertiary/aromatic N) is 1. The molecule has 0 bridgehead atoms. The fourth-order valence-electron chi connectivity index (χ4n) is 1.67. The van der Waals surface area contributed by atoms with Crippen LogP contribution in [0.2, 0.25) is 5.02 Å². The van der Waals surface area contributed by atoms with Crippen molar-refractivity contribution in [3.05, 3.63) is 29.0 Å². The van der Waals surface area contributed by atoms with E-state index in [-0.39, 0.29) is 11.6 Å². The minimum absolute atomic E-state index is 0.122. The number of halogens is 2. The summed E-state index contributed by atoms with van der Waals surface area (Å²) in [6, 6.07) is 3.14. The van der Waals surface area contributed by atoms with Crippen molar-refractivity contribution in [3.63, 3.8) is 0 Å². The number of benzene rings is 1. The van der Waals surface area contributed by atoms with Crippen LogP contribution in [-0.2, 0) is 4.79 Å². The van der Waals surface area contributed by atoms with Gasteiger partial charge >= 0.3 is 12.0 Å². The second kappa shape index (κ2) is 6.09. The maximum atomic E-state index is 13.0. The summed E-state index contributed by atoms with van der Waals surface area (Å²) in [5, 5.41) is 11.5. The molecule has 5 nitrogen and oxygen atoms in total. The third kappa shape index (κ3) is 3.39. The first kappa shape index (κ1) is 16.2. The van der Waals surface area contributed by atoms with E-state index < -0.39 is 23.4 Å². The second-order valence-electron chi connectivity index (χ2n) is 4.67.